The number of cyclic esters (lactones) is 1. The molecular formula is C21H20N2O5. The largest absolute Gasteiger partial charge is 0.447 e. The molecule has 2 aromatic rings. The Kier molecular flexibility index (Phi) is 4.97. The van der Waals surface area contributed by atoms with Crippen molar-refractivity contribution in [3.8, 4) is 0 Å². The molecule has 0 bridgehead atoms. The number of benzene rings is 2. The van der Waals surface area contributed by atoms with E-state index in [1.807, 2.05) is 60.7 Å². The van der Waals surface area contributed by atoms with E-state index in [9.17, 15) is 14.4 Å². The number of hydrogen-bond donors (Lipinski definition) is 0. The predicted octanol–water partition coefficient (Wildman–Crippen LogP) is 2.60. The van der Waals surface area contributed by atoms with Gasteiger partial charge >= 0.3 is 12.2 Å². The van der Waals surface area contributed by atoms with Gasteiger partial charge in [-0.2, -0.15) is 0 Å². The maximum absolute atomic E-state index is 12.8. The van der Waals surface area contributed by atoms with E-state index in [0.717, 1.165) is 16.0 Å². The lowest BCUT2D eigenvalue weighted by molar-refractivity contribution is -0.129. The fourth-order valence-electron chi connectivity index (χ4n) is 3.28. The summed E-state index contributed by atoms with van der Waals surface area (Å²) >= 11 is 0. The SMILES string of the molecule is O=C(OCc1ccccc1)N1C[C@@H]1C(=O)N1C(=O)OC[C@@H]1Cc1ccccc1. The third-order valence-electron chi connectivity index (χ3n) is 4.85. The van der Waals surface area contributed by atoms with Crippen molar-refractivity contribution >= 4 is 18.1 Å². The van der Waals surface area contributed by atoms with E-state index in [2.05, 4.69) is 0 Å². The van der Waals surface area contributed by atoms with Crippen LogP contribution in [0.25, 0.3) is 0 Å². The standard InChI is InChI=1S/C21H20N2O5/c24-19(18-12-22(18)20(25)27-13-16-9-5-2-6-10-16)23-17(14-28-21(23)26)11-15-7-3-1-4-8-15/h1-10,17-18H,11-14H2/t17-,18+,22?/m0/s1. The van der Waals surface area contributed by atoms with Gasteiger partial charge in [0.1, 0.15) is 19.3 Å². The summed E-state index contributed by atoms with van der Waals surface area (Å²) in [5.41, 5.74) is 1.88. The minimum atomic E-state index is -0.674. The average molecular weight is 380 g/mol. The van der Waals surface area contributed by atoms with Gasteiger partial charge in [0.15, 0.2) is 0 Å². The van der Waals surface area contributed by atoms with Crippen molar-refractivity contribution in [3.05, 3.63) is 71.8 Å². The molecule has 4 rings (SSSR count). The number of amides is 3. The van der Waals surface area contributed by atoms with Crippen molar-refractivity contribution in [2.45, 2.75) is 25.1 Å². The fourth-order valence-corrected chi connectivity index (χ4v) is 3.28. The van der Waals surface area contributed by atoms with Crippen LogP contribution in [0.3, 0.4) is 0 Å². The monoisotopic (exact) mass is 380 g/mol. The second-order valence-electron chi connectivity index (χ2n) is 6.84. The van der Waals surface area contributed by atoms with E-state index in [-0.39, 0.29) is 25.8 Å². The Balaban J connectivity index is 1.34. The van der Waals surface area contributed by atoms with Gasteiger partial charge in [-0.1, -0.05) is 60.7 Å². The van der Waals surface area contributed by atoms with E-state index in [1.165, 1.54) is 4.90 Å². The number of imide groups is 1. The van der Waals surface area contributed by atoms with Crippen molar-refractivity contribution in [1.82, 2.24) is 9.80 Å². The maximum atomic E-state index is 12.8. The van der Waals surface area contributed by atoms with Crippen LogP contribution in [0.2, 0.25) is 0 Å². The lowest BCUT2D eigenvalue weighted by Crippen LogP contribution is -2.43. The molecule has 7 nitrogen and oxygen atoms in total. The fraction of sp³-hybridized carbons (Fsp3) is 0.286. The minimum absolute atomic E-state index is 0.138. The van der Waals surface area contributed by atoms with Gasteiger partial charge in [0.2, 0.25) is 0 Å². The normalized spacial score (nSPS) is 20.6. The molecule has 2 saturated heterocycles. The first-order chi connectivity index (χ1) is 13.6. The summed E-state index contributed by atoms with van der Waals surface area (Å²) in [5.74, 6) is -0.417. The molecule has 2 atom stereocenters. The number of hydrogen-bond acceptors (Lipinski definition) is 5. The van der Waals surface area contributed by atoms with Gasteiger partial charge in [-0.05, 0) is 17.5 Å². The molecule has 0 radical (unpaired) electrons. The predicted molar refractivity (Wildman–Crippen MR) is 99.2 cm³/mol. The second-order valence-corrected chi connectivity index (χ2v) is 6.84. The molecule has 3 amide bonds. The summed E-state index contributed by atoms with van der Waals surface area (Å²) in [6.45, 7) is 0.540. The van der Waals surface area contributed by atoms with Gasteiger partial charge < -0.3 is 9.47 Å². The lowest BCUT2D eigenvalue weighted by atomic mass is 10.1. The zero-order chi connectivity index (χ0) is 19.5. The summed E-state index contributed by atoms with van der Waals surface area (Å²) in [5, 5.41) is 0. The van der Waals surface area contributed by atoms with Crippen LogP contribution in [-0.2, 0) is 27.3 Å². The number of ether oxygens (including phenoxy) is 2. The van der Waals surface area contributed by atoms with Gasteiger partial charge in [0.05, 0.1) is 12.6 Å². The van der Waals surface area contributed by atoms with Crippen molar-refractivity contribution < 1.29 is 23.9 Å². The summed E-state index contributed by atoms with van der Waals surface area (Å²) in [6.07, 6.45) is -0.700. The Morgan fingerprint density at radius 2 is 1.64 bits per heavy atom. The molecular weight excluding hydrogens is 360 g/mol. The molecule has 0 spiro atoms. The van der Waals surface area contributed by atoms with Crippen LogP contribution >= 0.6 is 0 Å². The van der Waals surface area contributed by atoms with Gasteiger partial charge in [-0.25, -0.2) is 14.5 Å². The molecule has 0 saturated carbocycles. The molecule has 2 fully saturated rings. The average Bonchev–Trinajstić information content (AvgIpc) is 3.45. The Labute approximate surface area is 162 Å². The molecule has 144 valence electrons. The van der Waals surface area contributed by atoms with Crippen molar-refractivity contribution in [2.24, 2.45) is 0 Å². The first kappa shape index (κ1) is 18.0. The molecule has 2 aromatic carbocycles. The topological polar surface area (TPSA) is 75.9 Å². The zero-order valence-electron chi connectivity index (χ0n) is 15.2. The van der Waals surface area contributed by atoms with Crippen LogP contribution in [0.1, 0.15) is 11.1 Å². The van der Waals surface area contributed by atoms with Gasteiger partial charge in [0, 0.05) is 0 Å². The summed E-state index contributed by atoms with van der Waals surface area (Å²) < 4.78 is 10.3. The van der Waals surface area contributed by atoms with Crippen LogP contribution in [0, 0.1) is 0 Å². The molecule has 0 N–H and O–H groups in total. The van der Waals surface area contributed by atoms with Gasteiger partial charge in [0.25, 0.3) is 5.91 Å². The van der Waals surface area contributed by atoms with Gasteiger partial charge in [-0.3, -0.25) is 9.69 Å². The van der Waals surface area contributed by atoms with Crippen LogP contribution in [0.5, 0.6) is 0 Å². The van der Waals surface area contributed by atoms with E-state index < -0.39 is 24.1 Å². The van der Waals surface area contributed by atoms with Crippen LogP contribution in [0.4, 0.5) is 9.59 Å². The first-order valence-corrected chi connectivity index (χ1v) is 9.14. The molecule has 2 aliphatic heterocycles. The summed E-state index contributed by atoms with van der Waals surface area (Å²) in [7, 11) is 0. The lowest BCUT2D eigenvalue weighted by Gasteiger charge is -2.19. The van der Waals surface area contributed by atoms with Crippen LogP contribution < -0.4 is 0 Å². The van der Waals surface area contributed by atoms with Gasteiger partial charge in [-0.15, -0.1) is 0 Å². The Morgan fingerprint density at radius 1 is 1.00 bits per heavy atom. The van der Waals surface area contributed by atoms with E-state index in [4.69, 9.17) is 9.47 Å². The van der Waals surface area contributed by atoms with Crippen molar-refractivity contribution in [2.75, 3.05) is 13.2 Å². The second kappa shape index (κ2) is 7.72. The Morgan fingerprint density at radius 3 is 2.32 bits per heavy atom. The third kappa shape index (κ3) is 3.83. The minimum Gasteiger partial charge on any atom is -0.447 e. The zero-order valence-corrected chi connectivity index (χ0v) is 15.2. The van der Waals surface area contributed by atoms with E-state index in [0.29, 0.717) is 6.42 Å². The van der Waals surface area contributed by atoms with Crippen molar-refractivity contribution in [3.63, 3.8) is 0 Å². The molecule has 7 heteroatoms. The number of carbonyl (C=O) groups is 3. The third-order valence-corrected chi connectivity index (χ3v) is 4.85. The Bertz CT molecular complexity index is 871. The molecule has 2 heterocycles. The van der Waals surface area contributed by atoms with Crippen molar-refractivity contribution in [1.29, 1.82) is 0 Å². The first-order valence-electron chi connectivity index (χ1n) is 9.14. The number of rotatable bonds is 5. The highest BCUT2D eigenvalue weighted by atomic mass is 16.6. The number of carbonyl (C=O) groups excluding carboxylic acids is 3. The highest BCUT2D eigenvalue weighted by Crippen LogP contribution is 2.26. The van der Waals surface area contributed by atoms with Crippen LogP contribution in [0.15, 0.2) is 60.7 Å². The highest BCUT2D eigenvalue weighted by molar-refractivity contribution is 6.00. The summed E-state index contributed by atoms with van der Waals surface area (Å²) in [4.78, 5) is 39.5. The van der Waals surface area contributed by atoms with E-state index >= 15 is 0 Å². The Hall–Kier alpha value is -3.35. The highest BCUT2D eigenvalue weighted by Gasteiger charge is 2.51. The maximum Gasteiger partial charge on any atom is 0.417 e. The smallest absolute Gasteiger partial charge is 0.417 e. The molecule has 2 aliphatic rings. The summed E-state index contributed by atoms with van der Waals surface area (Å²) in [6, 6.07) is 17.9. The quantitative estimate of drug-likeness (QED) is 0.746. The van der Waals surface area contributed by atoms with Crippen LogP contribution in [-0.4, -0.2) is 53.1 Å². The molecule has 0 unspecified atom stereocenters. The number of nitrogens with zero attached hydrogens (tertiary/aromatic N) is 2. The molecule has 0 aliphatic carbocycles. The molecule has 0 aromatic heterocycles. The molecule has 28 heavy (non-hydrogen) atoms. The van der Waals surface area contributed by atoms with E-state index in [1.54, 1.807) is 0 Å².